The van der Waals surface area contributed by atoms with Crippen LogP contribution in [0.4, 0.5) is 11.4 Å². The third-order valence-corrected chi connectivity index (χ3v) is 4.76. The number of carbonyl (C=O) groups is 3. The molecule has 0 spiro atoms. The summed E-state index contributed by atoms with van der Waals surface area (Å²) in [6.07, 6.45) is 3.54. The Kier molecular flexibility index (Phi) is 6.56. The molecule has 1 unspecified atom stereocenters. The molecule has 1 aliphatic heterocycles. The predicted molar refractivity (Wildman–Crippen MR) is 108 cm³/mol. The summed E-state index contributed by atoms with van der Waals surface area (Å²) in [5.74, 6) is -0.949. The number of nitrogens with zero attached hydrogens (tertiary/aromatic N) is 2. The largest absolute Gasteiger partial charge is 0.375 e. The molecule has 1 aromatic heterocycles. The zero-order chi connectivity index (χ0) is 20.8. The molecule has 2 heterocycles. The van der Waals surface area contributed by atoms with Gasteiger partial charge in [-0.1, -0.05) is 6.07 Å². The Bertz CT molecular complexity index is 901. The number of anilines is 2. The van der Waals surface area contributed by atoms with Crippen molar-refractivity contribution in [2.75, 3.05) is 30.9 Å². The molecule has 1 saturated heterocycles. The lowest BCUT2D eigenvalue weighted by molar-refractivity contribution is -0.128. The van der Waals surface area contributed by atoms with Gasteiger partial charge in [0.1, 0.15) is 6.61 Å². The standard InChI is InChI=1S/C21H24N4O4/c1-14-3-4-17(23-19(26)13-29-2)10-18(14)24-21(28)16-9-20(27)25(12-16)11-15-5-7-22-8-6-15/h3-8,10,16H,9,11-13H2,1-2H3,(H,23,26)(H,24,28). The molecule has 1 atom stereocenters. The molecule has 0 aliphatic carbocycles. The summed E-state index contributed by atoms with van der Waals surface area (Å²) in [4.78, 5) is 42.4. The molecule has 2 aromatic rings. The van der Waals surface area contributed by atoms with E-state index in [2.05, 4.69) is 15.6 Å². The van der Waals surface area contributed by atoms with Crippen LogP contribution in [0.1, 0.15) is 17.5 Å². The van der Waals surface area contributed by atoms with E-state index >= 15 is 0 Å². The lowest BCUT2D eigenvalue weighted by atomic mass is 10.1. The number of nitrogens with one attached hydrogen (secondary N) is 2. The molecule has 0 bridgehead atoms. The molecule has 2 N–H and O–H groups in total. The highest BCUT2D eigenvalue weighted by Crippen LogP contribution is 2.25. The first-order chi connectivity index (χ1) is 14.0. The Balaban J connectivity index is 1.63. The fourth-order valence-electron chi connectivity index (χ4n) is 3.21. The van der Waals surface area contributed by atoms with Crippen LogP contribution in [0.25, 0.3) is 0 Å². The van der Waals surface area contributed by atoms with Gasteiger partial charge in [-0.2, -0.15) is 0 Å². The van der Waals surface area contributed by atoms with Crippen LogP contribution >= 0.6 is 0 Å². The van der Waals surface area contributed by atoms with Gasteiger partial charge in [-0.05, 0) is 42.3 Å². The van der Waals surface area contributed by atoms with Gasteiger partial charge in [0.25, 0.3) is 0 Å². The molecular formula is C21H24N4O4. The van der Waals surface area contributed by atoms with Crippen LogP contribution in [-0.4, -0.2) is 47.9 Å². The second kappa shape index (κ2) is 9.29. The maximum atomic E-state index is 12.7. The summed E-state index contributed by atoms with van der Waals surface area (Å²) in [5.41, 5.74) is 3.01. The molecule has 0 saturated carbocycles. The SMILES string of the molecule is COCC(=O)Nc1ccc(C)c(NC(=O)C2CC(=O)N(Cc3ccncc3)C2)c1. The quantitative estimate of drug-likeness (QED) is 0.745. The van der Waals surface area contributed by atoms with Gasteiger partial charge in [0.2, 0.25) is 17.7 Å². The number of hydrogen-bond donors (Lipinski definition) is 2. The van der Waals surface area contributed by atoms with Crippen molar-refractivity contribution in [2.45, 2.75) is 19.9 Å². The first-order valence-corrected chi connectivity index (χ1v) is 9.33. The fourth-order valence-corrected chi connectivity index (χ4v) is 3.21. The number of aryl methyl sites for hydroxylation is 1. The maximum absolute atomic E-state index is 12.7. The lowest BCUT2D eigenvalue weighted by Crippen LogP contribution is -2.28. The van der Waals surface area contributed by atoms with Crippen LogP contribution < -0.4 is 10.6 Å². The average Bonchev–Trinajstić information content (AvgIpc) is 3.06. The predicted octanol–water partition coefficient (Wildman–Crippen LogP) is 1.96. The second-order valence-corrected chi connectivity index (χ2v) is 7.03. The van der Waals surface area contributed by atoms with Crippen LogP contribution in [0.2, 0.25) is 0 Å². The lowest BCUT2D eigenvalue weighted by Gasteiger charge is -2.17. The van der Waals surface area contributed by atoms with Crippen molar-refractivity contribution in [3.05, 3.63) is 53.9 Å². The summed E-state index contributed by atoms with van der Waals surface area (Å²) in [5, 5.41) is 5.60. The Morgan fingerprint density at radius 1 is 1.21 bits per heavy atom. The molecule has 8 nitrogen and oxygen atoms in total. The van der Waals surface area contributed by atoms with E-state index < -0.39 is 5.92 Å². The number of aromatic nitrogens is 1. The molecule has 8 heteroatoms. The molecule has 1 fully saturated rings. The highest BCUT2D eigenvalue weighted by atomic mass is 16.5. The van der Waals surface area contributed by atoms with Crippen LogP contribution in [-0.2, 0) is 25.7 Å². The van der Waals surface area contributed by atoms with Crippen molar-refractivity contribution in [3.63, 3.8) is 0 Å². The maximum Gasteiger partial charge on any atom is 0.250 e. The first-order valence-electron chi connectivity index (χ1n) is 9.33. The molecular weight excluding hydrogens is 372 g/mol. The number of rotatable bonds is 7. The van der Waals surface area contributed by atoms with Gasteiger partial charge in [-0.3, -0.25) is 19.4 Å². The van der Waals surface area contributed by atoms with E-state index in [9.17, 15) is 14.4 Å². The number of ether oxygens (including phenoxy) is 1. The minimum atomic E-state index is -0.421. The van der Waals surface area contributed by atoms with Crippen molar-refractivity contribution >= 4 is 29.1 Å². The topological polar surface area (TPSA) is 101 Å². The Hall–Kier alpha value is -3.26. The van der Waals surface area contributed by atoms with E-state index in [1.165, 1.54) is 7.11 Å². The van der Waals surface area contributed by atoms with Gasteiger partial charge < -0.3 is 20.3 Å². The monoisotopic (exact) mass is 396 g/mol. The van der Waals surface area contributed by atoms with E-state index in [1.807, 2.05) is 25.1 Å². The molecule has 1 aliphatic rings. The van der Waals surface area contributed by atoms with E-state index in [4.69, 9.17) is 4.74 Å². The zero-order valence-electron chi connectivity index (χ0n) is 16.5. The van der Waals surface area contributed by atoms with Gasteiger partial charge in [0.15, 0.2) is 0 Å². The molecule has 3 amide bonds. The number of methoxy groups -OCH3 is 1. The zero-order valence-corrected chi connectivity index (χ0v) is 16.5. The normalized spacial score (nSPS) is 16.0. The molecule has 3 rings (SSSR count). The average molecular weight is 396 g/mol. The minimum absolute atomic E-state index is 0.0423. The summed E-state index contributed by atoms with van der Waals surface area (Å²) in [6.45, 7) is 2.65. The van der Waals surface area contributed by atoms with Crippen molar-refractivity contribution in [1.29, 1.82) is 0 Å². The number of benzene rings is 1. The van der Waals surface area contributed by atoms with E-state index in [0.29, 0.717) is 24.5 Å². The van der Waals surface area contributed by atoms with Crippen molar-refractivity contribution < 1.29 is 19.1 Å². The van der Waals surface area contributed by atoms with Gasteiger partial charge in [-0.25, -0.2) is 0 Å². The smallest absolute Gasteiger partial charge is 0.250 e. The van der Waals surface area contributed by atoms with Crippen LogP contribution in [0.15, 0.2) is 42.7 Å². The Morgan fingerprint density at radius 3 is 2.69 bits per heavy atom. The van der Waals surface area contributed by atoms with Crippen molar-refractivity contribution in [3.8, 4) is 0 Å². The van der Waals surface area contributed by atoms with Gasteiger partial charge >= 0.3 is 0 Å². The number of pyridine rings is 1. The van der Waals surface area contributed by atoms with Crippen LogP contribution in [0.5, 0.6) is 0 Å². The number of hydrogen-bond acceptors (Lipinski definition) is 5. The molecule has 1 aromatic carbocycles. The molecule has 0 radical (unpaired) electrons. The van der Waals surface area contributed by atoms with Gasteiger partial charge in [-0.15, -0.1) is 0 Å². The number of likely N-dealkylation sites (tertiary alicyclic amines) is 1. The number of carbonyl (C=O) groups excluding carboxylic acids is 3. The summed E-state index contributed by atoms with van der Waals surface area (Å²) in [7, 11) is 1.45. The third-order valence-electron chi connectivity index (χ3n) is 4.76. The van der Waals surface area contributed by atoms with Gasteiger partial charge in [0.05, 0.1) is 5.92 Å². The van der Waals surface area contributed by atoms with Crippen LogP contribution in [0.3, 0.4) is 0 Å². The summed E-state index contributed by atoms with van der Waals surface area (Å²) >= 11 is 0. The summed E-state index contributed by atoms with van der Waals surface area (Å²) < 4.78 is 4.80. The Morgan fingerprint density at radius 2 is 1.97 bits per heavy atom. The van der Waals surface area contributed by atoms with Crippen molar-refractivity contribution in [1.82, 2.24) is 9.88 Å². The molecule has 29 heavy (non-hydrogen) atoms. The Labute approximate surface area is 169 Å². The molecule has 152 valence electrons. The van der Waals surface area contributed by atoms with E-state index in [-0.39, 0.29) is 30.7 Å². The number of amides is 3. The minimum Gasteiger partial charge on any atom is -0.375 e. The van der Waals surface area contributed by atoms with E-state index in [1.54, 1.807) is 29.4 Å². The van der Waals surface area contributed by atoms with E-state index in [0.717, 1.165) is 11.1 Å². The highest BCUT2D eigenvalue weighted by Gasteiger charge is 2.34. The van der Waals surface area contributed by atoms with Gasteiger partial charge in [0, 0.05) is 50.4 Å². The first kappa shape index (κ1) is 20.5. The highest BCUT2D eigenvalue weighted by molar-refractivity contribution is 5.99. The van der Waals surface area contributed by atoms with Crippen molar-refractivity contribution in [2.24, 2.45) is 5.92 Å². The second-order valence-electron chi connectivity index (χ2n) is 7.03. The summed E-state index contributed by atoms with van der Waals surface area (Å²) in [6, 6.07) is 8.98. The fraction of sp³-hybridized carbons (Fsp3) is 0.333. The van der Waals surface area contributed by atoms with Crippen LogP contribution in [0, 0.1) is 12.8 Å². The third kappa shape index (κ3) is 5.39.